The third kappa shape index (κ3) is 2.71. The summed E-state index contributed by atoms with van der Waals surface area (Å²) in [6.07, 6.45) is 0. The number of methoxy groups -OCH3 is 1. The third-order valence-corrected chi connectivity index (χ3v) is 2.70. The van der Waals surface area contributed by atoms with Gasteiger partial charge in [0, 0.05) is 26.2 Å². The Kier molecular flexibility index (Phi) is 3.55. The Morgan fingerprint density at radius 3 is 2.47 bits per heavy atom. The number of anilines is 2. The second-order valence-electron chi connectivity index (χ2n) is 3.88. The summed E-state index contributed by atoms with van der Waals surface area (Å²) in [5, 5.41) is 0. The van der Waals surface area contributed by atoms with Crippen molar-refractivity contribution in [3.05, 3.63) is 0 Å². The van der Waals surface area contributed by atoms with E-state index in [4.69, 9.17) is 10.6 Å². The molecule has 1 aromatic heterocycles. The van der Waals surface area contributed by atoms with E-state index in [-0.39, 0.29) is 6.01 Å². The highest BCUT2D eigenvalue weighted by atomic mass is 16.5. The zero-order chi connectivity index (χ0) is 12.3. The van der Waals surface area contributed by atoms with E-state index in [1.807, 2.05) is 0 Å². The molecule has 8 heteroatoms. The second kappa shape index (κ2) is 5.11. The smallest absolute Gasteiger partial charge is 0.322 e. The molecule has 0 unspecified atom stereocenters. The Balaban J connectivity index is 2.19. The van der Waals surface area contributed by atoms with Crippen LogP contribution in [0.4, 0.5) is 11.9 Å². The van der Waals surface area contributed by atoms with Gasteiger partial charge in [-0.3, -0.25) is 5.43 Å². The van der Waals surface area contributed by atoms with E-state index >= 15 is 0 Å². The number of aromatic nitrogens is 3. The highest BCUT2D eigenvalue weighted by Gasteiger charge is 2.18. The van der Waals surface area contributed by atoms with E-state index in [2.05, 4.69) is 37.2 Å². The number of ether oxygens (including phenoxy) is 1. The molecule has 1 aliphatic rings. The Bertz CT molecular complexity index is 355. The Labute approximate surface area is 99.8 Å². The van der Waals surface area contributed by atoms with E-state index in [1.54, 1.807) is 0 Å². The standard InChI is InChI=1S/C9H17N7O/c1-15-3-5-16(6-4-15)8-11-7(14-10)12-9(13-8)17-2/h3-6,10H2,1-2H3,(H,11,12,13,14). The minimum Gasteiger partial charge on any atom is -0.467 e. The summed E-state index contributed by atoms with van der Waals surface area (Å²) in [6.45, 7) is 3.74. The summed E-state index contributed by atoms with van der Waals surface area (Å²) in [4.78, 5) is 16.7. The molecule has 0 amide bonds. The van der Waals surface area contributed by atoms with Crippen LogP contribution < -0.4 is 20.9 Å². The summed E-state index contributed by atoms with van der Waals surface area (Å²) < 4.78 is 5.01. The molecule has 0 aliphatic carbocycles. The number of hydrazine groups is 1. The highest BCUT2D eigenvalue weighted by molar-refractivity contribution is 5.38. The number of rotatable bonds is 3. The van der Waals surface area contributed by atoms with Gasteiger partial charge in [-0.2, -0.15) is 15.0 Å². The first-order valence-electron chi connectivity index (χ1n) is 5.43. The number of nitrogen functional groups attached to an aromatic ring is 1. The lowest BCUT2D eigenvalue weighted by atomic mass is 10.3. The van der Waals surface area contributed by atoms with Gasteiger partial charge < -0.3 is 14.5 Å². The lowest BCUT2D eigenvalue weighted by molar-refractivity contribution is 0.310. The topological polar surface area (TPSA) is 92.4 Å². The molecule has 1 aromatic rings. The van der Waals surface area contributed by atoms with Gasteiger partial charge in [0.1, 0.15) is 0 Å². The summed E-state index contributed by atoms with van der Waals surface area (Å²) in [6, 6.07) is 0.266. The molecule has 0 radical (unpaired) electrons. The number of likely N-dealkylation sites (N-methyl/N-ethyl adjacent to an activating group) is 1. The normalized spacial score (nSPS) is 17.0. The molecule has 1 fully saturated rings. The Morgan fingerprint density at radius 2 is 1.88 bits per heavy atom. The molecule has 8 nitrogen and oxygen atoms in total. The predicted molar refractivity (Wildman–Crippen MR) is 63.9 cm³/mol. The van der Waals surface area contributed by atoms with Gasteiger partial charge in [-0.25, -0.2) is 5.84 Å². The first kappa shape index (κ1) is 11.8. The molecule has 0 bridgehead atoms. The van der Waals surface area contributed by atoms with Crippen LogP contribution in [0.25, 0.3) is 0 Å². The van der Waals surface area contributed by atoms with Crippen molar-refractivity contribution in [1.29, 1.82) is 0 Å². The van der Waals surface area contributed by atoms with E-state index in [0.717, 1.165) is 26.2 Å². The number of piperazine rings is 1. The third-order valence-electron chi connectivity index (χ3n) is 2.70. The molecule has 0 spiro atoms. The molecular formula is C9H17N7O. The van der Waals surface area contributed by atoms with Crippen molar-refractivity contribution in [2.24, 2.45) is 5.84 Å². The van der Waals surface area contributed by atoms with Crippen LogP contribution in [0.2, 0.25) is 0 Å². The van der Waals surface area contributed by atoms with Crippen molar-refractivity contribution >= 4 is 11.9 Å². The van der Waals surface area contributed by atoms with Gasteiger partial charge in [0.05, 0.1) is 7.11 Å². The second-order valence-corrected chi connectivity index (χ2v) is 3.88. The largest absolute Gasteiger partial charge is 0.467 e. The van der Waals surface area contributed by atoms with Crippen molar-refractivity contribution in [1.82, 2.24) is 19.9 Å². The maximum Gasteiger partial charge on any atom is 0.322 e. The fourth-order valence-electron chi connectivity index (χ4n) is 1.65. The zero-order valence-corrected chi connectivity index (χ0v) is 10.1. The predicted octanol–water partition coefficient (Wildman–Crippen LogP) is -1.08. The van der Waals surface area contributed by atoms with E-state index in [9.17, 15) is 0 Å². The van der Waals surface area contributed by atoms with Crippen LogP contribution in [0.1, 0.15) is 0 Å². The minimum atomic E-state index is 0.266. The average Bonchev–Trinajstić information content (AvgIpc) is 2.39. The fourth-order valence-corrected chi connectivity index (χ4v) is 1.65. The van der Waals surface area contributed by atoms with Crippen molar-refractivity contribution in [3.63, 3.8) is 0 Å². The first-order valence-corrected chi connectivity index (χ1v) is 5.43. The molecule has 94 valence electrons. The number of nitrogens with one attached hydrogen (secondary N) is 1. The monoisotopic (exact) mass is 239 g/mol. The van der Waals surface area contributed by atoms with Crippen molar-refractivity contribution in [2.75, 3.05) is 50.7 Å². The average molecular weight is 239 g/mol. The van der Waals surface area contributed by atoms with Crippen molar-refractivity contribution in [3.8, 4) is 6.01 Å². The van der Waals surface area contributed by atoms with Crippen LogP contribution in [0, 0.1) is 0 Å². The summed E-state index contributed by atoms with van der Waals surface area (Å²) in [5.74, 6) is 6.22. The first-order chi connectivity index (χ1) is 8.22. The van der Waals surface area contributed by atoms with Crippen LogP contribution in [0.5, 0.6) is 6.01 Å². The molecule has 1 saturated heterocycles. The lowest BCUT2D eigenvalue weighted by Crippen LogP contribution is -2.45. The Hall–Kier alpha value is -1.67. The quantitative estimate of drug-likeness (QED) is 0.508. The van der Waals surface area contributed by atoms with Gasteiger partial charge in [0.15, 0.2) is 0 Å². The summed E-state index contributed by atoms with van der Waals surface area (Å²) in [5.41, 5.74) is 2.41. The number of nitrogens with two attached hydrogens (primary N) is 1. The molecule has 0 atom stereocenters. The molecule has 1 aliphatic heterocycles. The maximum absolute atomic E-state index is 5.31. The fraction of sp³-hybridized carbons (Fsp3) is 0.667. The molecule has 0 aromatic carbocycles. The van der Waals surface area contributed by atoms with Crippen LogP contribution in [0.15, 0.2) is 0 Å². The minimum absolute atomic E-state index is 0.266. The van der Waals surface area contributed by atoms with Gasteiger partial charge in [-0.1, -0.05) is 0 Å². The zero-order valence-electron chi connectivity index (χ0n) is 10.1. The van der Waals surface area contributed by atoms with Crippen LogP contribution in [-0.2, 0) is 0 Å². The van der Waals surface area contributed by atoms with Gasteiger partial charge >= 0.3 is 6.01 Å². The van der Waals surface area contributed by atoms with Crippen LogP contribution >= 0.6 is 0 Å². The van der Waals surface area contributed by atoms with Crippen molar-refractivity contribution < 1.29 is 4.74 Å². The number of hydrogen-bond acceptors (Lipinski definition) is 8. The van der Waals surface area contributed by atoms with Gasteiger partial charge in [-0.05, 0) is 7.05 Å². The van der Waals surface area contributed by atoms with Crippen LogP contribution in [-0.4, -0.2) is 60.2 Å². The van der Waals surface area contributed by atoms with Gasteiger partial charge in [0.25, 0.3) is 0 Å². The van der Waals surface area contributed by atoms with Crippen molar-refractivity contribution in [2.45, 2.75) is 0 Å². The molecule has 0 saturated carbocycles. The maximum atomic E-state index is 5.31. The van der Waals surface area contributed by atoms with Gasteiger partial charge in [0.2, 0.25) is 11.9 Å². The van der Waals surface area contributed by atoms with Crippen LogP contribution in [0.3, 0.4) is 0 Å². The summed E-state index contributed by atoms with van der Waals surface area (Å²) in [7, 11) is 3.61. The lowest BCUT2D eigenvalue weighted by Gasteiger charge is -2.32. The van der Waals surface area contributed by atoms with E-state index in [1.165, 1.54) is 7.11 Å². The SMILES string of the molecule is COc1nc(NN)nc(N2CCN(C)CC2)n1. The number of nitrogens with zero attached hydrogens (tertiary/aromatic N) is 5. The molecular weight excluding hydrogens is 222 g/mol. The Morgan fingerprint density at radius 1 is 1.18 bits per heavy atom. The van der Waals surface area contributed by atoms with Gasteiger partial charge in [-0.15, -0.1) is 0 Å². The number of hydrogen-bond donors (Lipinski definition) is 2. The highest BCUT2D eigenvalue weighted by Crippen LogP contribution is 2.15. The summed E-state index contributed by atoms with van der Waals surface area (Å²) >= 11 is 0. The van der Waals surface area contributed by atoms with E-state index < -0.39 is 0 Å². The molecule has 17 heavy (non-hydrogen) atoms. The molecule has 3 N–H and O–H groups in total. The molecule has 2 heterocycles. The molecule has 2 rings (SSSR count). The van der Waals surface area contributed by atoms with E-state index in [0.29, 0.717) is 11.9 Å².